The number of methoxy groups -OCH3 is 2. The van der Waals surface area contributed by atoms with Crippen molar-refractivity contribution in [3.05, 3.63) is 47.8 Å². The molecule has 0 aliphatic carbocycles. The molecule has 0 unspecified atom stereocenters. The summed E-state index contributed by atoms with van der Waals surface area (Å²) in [7, 11) is 3.13. The van der Waals surface area contributed by atoms with Gasteiger partial charge in [-0.15, -0.1) is 0 Å². The molecular formula is C38H64BClN5O11U. The summed E-state index contributed by atoms with van der Waals surface area (Å²) in [6.45, 7) is 15.3. The summed E-state index contributed by atoms with van der Waals surface area (Å²) < 4.78 is 31.0. The van der Waals surface area contributed by atoms with E-state index in [4.69, 9.17) is 17.3 Å². The topological polar surface area (TPSA) is 219 Å². The number of quaternary nitrogens is 1. The van der Waals surface area contributed by atoms with Gasteiger partial charge in [-0.25, -0.2) is 24.4 Å². The second kappa shape index (κ2) is 32.3. The van der Waals surface area contributed by atoms with E-state index in [9.17, 15) is 28.8 Å². The Morgan fingerprint density at radius 1 is 0.754 bits per heavy atom. The molecule has 0 aromatic carbocycles. The summed E-state index contributed by atoms with van der Waals surface area (Å²) in [6, 6.07) is 7.23. The van der Waals surface area contributed by atoms with Gasteiger partial charge in [-0.1, -0.05) is 7.43 Å². The zero-order valence-electron chi connectivity index (χ0n) is 36.3. The Morgan fingerprint density at radius 2 is 1.14 bits per heavy atom. The molecule has 16 nitrogen and oxygen atoms in total. The van der Waals surface area contributed by atoms with Crippen LogP contribution in [-0.4, -0.2) is 107 Å². The number of aromatic nitrogens is 2. The predicted molar refractivity (Wildman–Crippen MR) is 213 cm³/mol. The van der Waals surface area contributed by atoms with Crippen molar-refractivity contribution in [2.45, 2.75) is 113 Å². The monoisotopic (exact) mass is 1050 g/mol. The number of ketones is 1. The van der Waals surface area contributed by atoms with Crippen LogP contribution in [0.4, 0.5) is 21.2 Å². The maximum Gasteiger partial charge on any atom is 0.416 e. The van der Waals surface area contributed by atoms with Crippen LogP contribution in [0.25, 0.3) is 0 Å². The Balaban J connectivity index is -0.000000265. The van der Waals surface area contributed by atoms with E-state index in [1.54, 1.807) is 66.1 Å². The third kappa shape index (κ3) is 31.0. The number of carboxylic acids is 1. The average Bonchev–Trinajstić information content (AvgIpc) is 3.09. The van der Waals surface area contributed by atoms with Crippen LogP contribution in [0.1, 0.15) is 98.6 Å². The fourth-order valence-electron chi connectivity index (χ4n) is 3.96. The number of halogens is 1. The van der Waals surface area contributed by atoms with Crippen molar-refractivity contribution in [1.29, 1.82) is 2.67 Å². The van der Waals surface area contributed by atoms with E-state index in [0.717, 1.165) is 11.1 Å². The first-order chi connectivity index (χ1) is 26.0. The number of ether oxygens (including phenoxy) is 4. The number of aliphatic carboxylic acids is 1. The SMILES string of the molecule is C.COC(=O)CCC(=O)CCCN(C(=O)OC(C)(C)C)c1cc(C)ccn1.COC(=O)C[NH3+].Cc1ccnc(N(CCCC(=O)O)C(=O)OC(C)(C)C)c1.[3H][B][3H].[Cl-].[U]. The summed E-state index contributed by atoms with van der Waals surface area (Å²) in [5, 5.41) is 8.72. The van der Waals surface area contributed by atoms with Crippen molar-refractivity contribution in [3.8, 4) is 0 Å². The van der Waals surface area contributed by atoms with Gasteiger partial charge in [-0.05, 0) is 106 Å². The molecule has 0 fully saturated rings. The molecule has 0 aliphatic heterocycles. The number of amides is 2. The second-order valence-corrected chi connectivity index (χ2v) is 13.7. The van der Waals surface area contributed by atoms with E-state index in [0.29, 0.717) is 39.4 Å². The van der Waals surface area contributed by atoms with Crippen LogP contribution >= 0.6 is 0 Å². The molecule has 0 saturated heterocycles. The molecule has 0 saturated carbocycles. The van der Waals surface area contributed by atoms with Crippen LogP contribution in [0.2, 0.25) is 0 Å². The van der Waals surface area contributed by atoms with Gasteiger partial charge in [-0.2, -0.15) is 0 Å². The maximum absolute atomic E-state index is 12.5. The molecule has 57 heavy (non-hydrogen) atoms. The first-order valence-electron chi connectivity index (χ1n) is 18.3. The molecule has 2 aromatic heterocycles. The first-order valence-corrected chi connectivity index (χ1v) is 17.1. The molecule has 321 valence electrons. The number of carbonyl (C=O) groups is 6. The molecule has 19 heteroatoms. The quantitative estimate of drug-likeness (QED) is 0.156. The minimum atomic E-state index is -0.892. The zero-order chi connectivity index (χ0) is 43.5. The molecule has 2 aromatic rings. The van der Waals surface area contributed by atoms with Crippen LogP contribution in [0.15, 0.2) is 36.7 Å². The molecular weight excluding hydrogens is 987 g/mol. The van der Waals surface area contributed by atoms with Crippen molar-refractivity contribution in [2.75, 3.05) is 43.7 Å². The molecule has 4 N–H and O–H groups in total. The molecule has 0 bridgehead atoms. The fourth-order valence-corrected chi connectivity index (χ4v) is 3.96. The van der Waals surface area contributed by atoms with Gasteiger partial charge in [-0.3, -0.25) is 24.2 Å². The number of carbonyl (C=O) groups excluding carboxylic acids is 5. The summed E-state index contributed by atoms with van der Waals surface area (Å²) in [6.07, 6.45) is 3.48. The van der Waals surface area contributed by atoms with Gasteiger partial charge in [0.25, 0.3) is 0 Å². The number of carboxylic acid groups (broad SMARTS) is 1. The number of aryl methyl sites for hydroxylation is 2. The largest absolute Gasteiger partial charge is 1.00 e. The van der Waals surface area contributed by atoms with Crippen LogP contribution in [0.3, 0.4) is 0 Å². The smallest absolute Gasteiger partial charge is 0.416 e. The third-order valence-electron chi connectivity index (χ3n) is 6.46. The van der Waals surface area contributed by atoms with Crippen LogP contribution in [-0.2, 0) is 38.1 Å². The third-order valence-corrected chi connectivity index (χ3v) is 6.46. The fraction of sp³-hybridized carbons (Fsp3) is 0.579. The van der Waals surface area contributed by atoms with Gasteiger partial charge in [0, 0.05) is 75.9 Å². The van der Waals surface area contributed by atoms with E-state index >= 15 is 0 Å². The number of hydrogen-bond acceptors (Lipinski definition) is 12. The molecule has 2 heterocycles. The summed E-state index contributed by atoms with van der Waals surface area (Å²) in [5.41, 5.74) is 3.97. The Bertz CT molecular complexity index is 1530. The number of pyridine rings is 2. The summed E-state index contributed by atoms with van der Waals surface area (Å²) in [5.74, 6) is -0.656. The number of nitrogens with zero attached hydrogens (tertiary/aromatic N) is 4. The normalized spacial score (nSPS) is 10.2. The molecule has 2 rings (SSSR count). The Hall–Kier alpha value is -3.71. The Morgan fingerprint density at radius 3 is 1.44 bits per heavy atom. The van der Waals surface area contributed by atoms with Crippen molar-refractivity contribution in [3.63, 3.8) is 0 Å². The second-order valence-electron chi connectivity index (χ2n) is 13.7. The summed E-state index contributed by atoms with van der Waals surface area (Å²) in [4.78, 5) is 79.5. The van der Waals surface area contributed by atoms with E-state index in [2.05, 4.69) is 25.2 Å². The molecule has 2 amide bonds. The molecule has 0 aliphatic rings. The molecule has 1 radical (unpaired) electrons. The van der Waals surface area contributed by atoms with E-state index in [-0.39, 0.29) is 101 Å². The van der Waals surface area contributed by atoms with Crippen molar-refractivity contribution < 1.29 is 102 Å². The van der Waals surface area contributed by atoms with Gasteiger partial charge < -0.3 is 42.2 Å². The van der Waals surface area contributed by atoms with Gasteiger partial charge in [0.05, 0.1) is 29.0 Å². The number of rotatable bonds is 14. The Labute approximate surface area is 372 Å². The van der Waals surface area contributed by atoms with E-state index < -0.39 is 35.3 Å². The average molecular weight is 1060 g/mol. The van der Waals surface area contributed by atoms with Gasteiger partial charge >= 0.3 is 30.1 Å². The van der Waals surface area contributed by atoms with Gasteiger partial charge in [0.15, 0.2) is 6.54 Å². The van der Waals surface area contributed by atoms with Crippen molar-refractivity contribution in [1.82, 2.24) is 9.97 Å². The predicted octanol–water partition coefficient (Wildman–Crippen LogP) is 1.56. The van der Waals surface area contributed by atoms with Crippen LogP contribution < -0.4 is 27.9 Å². The zero-order valence-corrected chi connectivity index (χ0v) is 39.2. The summed E-state index contributed by atoms with van der Waals surface area (Å²) >= 11 is 0. The number of esters is 2. The van der Waals surface area contributed by atoms with Gasteiger partial charge in [0.2, 0.25) is 0 Å². The minimum absolute atomic E-state index is 0. The standard InChI is InChI=1S/C19H28N2O5.C15H22N2O4.C3H7NO2.CH4.BH2.ClH.U/c1-14-10-11-20-16(13-14)21(18(24)26-19(2,3)4)12-6-7-15(22)8-9-17(23)25-5;1-11-7-8-16-12(10-11)17(9-5-6-13(18)19)14(20)21-15(2,3)4;1-6-3(5)2-4;;;;/h10-11,13H,6-9,12H2,1-5H3;7-8,10H,5-6,9H2,1-4H3,(H,18,19);2,4H2,1H3;1H4;1H2;1H;/i;;;;1T2;;. The van der Waals surface area contributed by atoms with Crippen LogP contribution in [0.5, 0.6) is 0 Å². The maximum atomic E-state index is 12.5. The number of anilines is 2. The van der Waals surface area contributed by atoms with E-state index in [1.807, 2.05) is 26.0 Å². The minimum Gasteiger partial charge on any atom is -1.00 e. The van der Waals surface area contributed by atoms with Crippen LogP contribution in [0, 0.1) is 45.0 Å². The van der Waals surface area contributed by atoms with Crippen molar-refractivity contribution >= 4 is 55.9 Å². The molecule has 0 atom stereocenters. The number of Topliss-reactive ketones (excluding diaryl/α,β-unsaturated/α-hetero) is 1. The Kier molecular flexibility index (Phi) is 32.6. The van der Waals surface area contributed by atoms with Gasteiger partial charge in [0.1, 0.15) is 28.6 Å². The first kappa shape index (κ1) is 57.6. The van der Waals surface area contributed by atoms with E-state index in [1.165, 1.54) is 24.0 Å². The molecule has 0 spiro atoms. The number of hydrogen-bond donors (Lipinski definition) is 2. The van der Waals surface area contributed by atoms with Crippen molar-refractivity contribution in [2.24, 2.45) is 0 Å².